The van der Waals surface area contributed by atoms with Gasteiger partial charge in [-0.3, -0.25) is 4.79 Å². The number of benzene rings is 1. The van der Waals surface area contributed by atoms with Crippen LogP contribution in [0.1, 0.15) is 94.9 Å². The molecule has 0 aromatic heterocycles. The van der Waals surface area contributed by atoms with Crippen LogP contribution in [0, 0.1) is 17.8 Å². The third-order valence-electron chi connectivity index (χ3n) is 14.6. The van der Waals surface area contributed by atoms with Crippen LogP contribution in [0.4, 0.5) is 0 Å². The summed E-state index contributed by atoms with van der Waals surface area (Å²) in [6.07, 6.45) is -7.12. The van der Waals surface area contributed by atoms with E-state index in [2.05, 4.69) is 15.5 Å². The number of aliphatic hydroxyl groups is 4. The number of methoxy groups -OCH3 is 2. The molecule has 3 fully saturated rings. The van der Waals surface area contributed by atoms with Crippen LogP contribution in [0.2, 0.25) is 0 Å². The fraction of sp³-hybridized carbons (Fsp3) is 0.857. The van der Waals surface area contributed by atoms with Gasteiger partial charge in [0.1, 0.15) is 40.5 Å². The highest BCUT2D eigenvalue weighted by Gasteiger charge is 2.58. The van der Waals surface area contributed by atoms with E-state index in [-0.39, 0.29) is 43.9 Å². The van der Waals surface area contributed by atoms with Crippen LogP contribution >= 0.6 is 0 Å². The highest BCUT2D eigenvalue weighted by Crippen LogP contribution is 2.43. The van der Waals surface area contributed by atoms with Gasteiger partial charge in [0.15, 0.2) is 18.7 Å². The standard InChI is InChI=1S/C49H88N4O13/c1-17-38-48(10,57)42(54)33(6)51-27-29(2)25-46(8,56)43(66-45-41(37(53(13)14)24-30(3)61-45)63-36-20-18-35(59-15)19-21-36)31(4)40(32(5)44(55)64-38)65-39-26-47(9,60-16)49(58,34(7)62-39)28-50-22-23-52(11)12/h18-21,29-34,37-43,45,50-51,54,56-58H,17,22-28H2,1-16H3/t29?,30-,31?,32?,33?,34+,37+,38?,39+,40?,41-,42?,43?,45+,46?,47-,48?,49+/m1/s1. The van der Waals surface area contributed by atoms with Crippen molar-refractivity contribution in [2.75, 3.05) is 68.6 Å². The molecule has 3 saturated heterocycles. The number of cyclic esters (lactones) is 1. The first kappa shape index (κ1) is 56.4. The number of hydrogen-bond donors (Lipinski definition) is 6. The lowest BCUT2D eigenvalue weighted by Gasteiger charge is -2.53. The zero-order valence-electron chi connectivity index (χ0n) is 42.9. The van der Waals surface area contributed by atoms with Crippen molar-refractivity contribution >= 4 is 5.97 Å². The summed E-state index contributed by atoms with van der Waals surface area (Å²) in [5.74, 6) is -1.44. The van der Waals surface area contributed by atoms with Crippen molar-refractivity contribution in [3.8, 4) is 11.5 Å². The van der Waals surface area contributed by atoms with Crippen molar-refractivity contribution in [3.63, 3.8) is 0 Å². The zero-order chi connectivity index (χ0) is 49.5. The minimum Gasteiger partial charge on any atom is -0.497 e. The summed E-state index contributed by atoms with van der Waals surface area (Å²) in [7, 11) is 11.1. The molecule has 3 aliphatic rings. The Morgan fingerprint density at radius 3 is 2.11 bits per heavy atom. The number of hydrogen-bond acceptors (Lipinski definition) is 17. The molecule has 1 aromatic carbocycles. The molecule has 0 radical (unpaired) electrons. The maximum atomic E-state index is 14.6. The second-order valence-electron chi connectivity index (χ2n) is 20.8. The fourth-order valence-electron chi connectivity index (χ4n) is 10.3. The van der Waals surface area contributed by atoms with Gasteiger partial charge in [0.25, 0.3) is 0 Å². The van der Waals surface area contributed by atoms with E-state index in [1.54, 1.807) is 48.8 Å². The van der Waals surface area contributed by atoms with Gasteiger partial charge in [0.05, 0.1) is 49.1 Å². The summed E-state index contributed by atoms with van der Waals surface area (Å²) in [5.41, 5.74) is -6.06. The molecule has 382 valence electrons. The molecule has 1 aromatic rings. The van der Waals surface area contributed by atoms with Gasteiger partial charge >= 0.3 is 5.97 Å². The Morgan fingerprint density at radius 2 is 1.53 bits per heavy atom. The van der Waals surface area contributed by atoms with Gasteiger partial charge in [-0.15, -0.1) is 0 Å². The van der Waals surface area contributed by atoms with Crippen LogP contribution in [0.5, 0.6) is 11.5 Å². The Labute approximate surface area is 395 Å². The number of carbonyl (C=O) groups excluding carboxylic acids is 1. The van der Waals surface area contributed by atoms with Crippen molar-refractivity contribution in [1.29, 1.82) is 0 Å². The molecular formula is C49H88N4O13. The van der Waals surface area contributed by atoms with Crippen LogP contribution in [-0.2, 0) is 33.2 Å². The molecule has 66 heavy (non-hydrogen) atoms. The summed E-state index contributed by atoms with van der Waals surface area (Å²) in [4.78, 5) is 18.8. The zero-order valence-corrected chi connectivity index (χ0v) is 42.9. The van der Waals surface area contributed by atoms with Crippen molar-refractivity contribution in [2.24, 2.45) is 17.8 Å². The molecule has 3 heterocycles. The second kappa shape index (κ2) is 23.6. The molecule has 18 atom stereocenters. The quantitative estimate of drug-likeness (QED) is 0.111. The number of likely N-dealkylation sites (N-methyl/N-ethyl adjacent to an activating group) is 2. The van der Waals surface area contributed by atoms with E-state index in [1.807, 2.05) is 85.1 Å². The second-order valence-corrected chi connectivity index (χ2v) is 20.8. The third-order valence-corrected chi connectivity index (χ3v) is 14.6. The maximum absolute atomic E-state index is 14.6. The van der Waals surface area contributed by atoms with Crippen molar-refractivity contribution in [3.05, 3.63) is 24.3 Å². The van der Waals surface area contributed by atoms with Crippen LogP contribution in [0.25, 0.3) is 0 Å². The van der Waals surface area contributed by atoms with E-state index in [9.17, 15) is 25.2 Å². The average Bonchev–Trinajstić information content (AvgIpc) is 3.25. The normalized spacial score (nSPS) is 42.4. The van der Waals surface area contributed by atoms with Crippen molar-refractivity contribution in [2.45, 2.75) is 185 Å². The van der Waals surface area contributed by atoms with Gasteiger partial charge in [-0.05, 0) is 133 Å². The lowest BCUT2D eigenvalue weighted by molar-refractivity contribution is -0.335. The first-order valence-corrected chi connectivity index (χ1v) is 24.0. The molecule has 0 saturated carbocycles. The van der Waals surface area contributed by atoms with Crippen LogP contribution in [-0.4, -0.2) is 195 Å². The molecule has 10 unspecified atom stereocenters. The number of nitrogens with one attached hydrogen (secondary N) is 2. The minimum atomic E-state index is -1.83. The first-order chi connectivity index (χ1) is 30.7. The molecule has 3 aliphatic heterocycles. The molecule has 6 N–H and O–H groups in total. The molecule has 17 heteroatoms. The van der Waals surface area contributed by atoms with Gasteiger partial charge in [-0.1, -0.05) is 20.8 Å². The van der Waals surface area contributed by atoms with E-state index < -0.39 is 95.5 Å². The summed E-state index contributed by atoms with van der Waals surface area (Å²) < 4.78 is 51.8. The Kier molecular flexibility index (Phi) is 20.1. The number of ether oxygens (including phenoxy) is 8. The summed E-state index contributed by atoms with van der Waals surface area (Å²) in [5, 5.41) is 55.3. The monoisotopic (exact) mass is 941 g/mol. The molecule has 4 rings (SSSR count). The van der Waals surface area contributed by atoms with E-state index in [4.69, 9.17) is 37.9 Å². The van der Waals surface area contributed by atoms with Crippen molar-refractivity contribution < 1.29 is 63.1 Å². The Bertz CT molecular complexity index is 1640. The molecular weight excluding hydrogens is 853 g/mol. The van der Waals surface area contributed by atoms with E-state index in [0.717, 1.165) is 6.54 Å². The van der Waals surface area contributed by atoms with Crippen LogP contribution < -0.4 is 20.1 Å². The van der Waals surface area contributed by atoms with Gasteiger partial charge < -0.3 is 78.8 Å². The summed E-state index contributed by atoms with van der Waals surface area (Å²) in [6, 6.07) is 6.52. The molecule has 0 amide bonds. The topological polar surface area (TPSA) is 202 Å². The summed E-state index contributed by atoms with van der Waals surface area (Å²) in [6.45, 7) is 19.8. The third kappa shape index (κ3) is 13.3. The number of carbonyl (C=O) groups is 1. The predicted octanol–water partition coefficient (Wildman–Crippen LogP) is 3.18. The van der Waals surface area contributed by atoms with Crippen LogP contribution in [0.3, 0.4) is 0 Å². The van der Waals surface area contributed by atoms with Crippen molar-refractivity contribution in [1.82, 2.24) is 20.4 Å². The first-order valence-electron chi connectivity index (χ1n) is 24.0. The van der Waals surface area contributed by atoms with E-state index in [1.165, 1.54) is 6.92 Å². The number of esters is 1. The number of rotatable bonds is 15. The maximum Gasteiger partial charge on any atom is 0.311 e. The van der Waals surface area contributed by atoms with E-state index in [0.29, 0.717) is 31.0 Å². The van der Waals surface area contributed by atoms with E-state index >= 15 is 0 Å². The predicted molar refractivity (Wildman–Crippen MR) is 251 cm³/mol. The van der Waals surface area contributed by atoms with Gasteiger partial charge in [-0.25, -0.2) is 0 Å². The highest BCUT2D eigenvalue weighted by molar-refractivity contribution is 5.73. The molecule has 17 nitrogen and oxygen atoms in total. The Hall–Kier alpha value is -2.23. The average molecular weight is 941 g/mol. The number of aliphatic hydroxyl groups excluding tert-OH is 1. The Balaban J connectivity index is 1.84. The number of nitrogens with zero attached hydrogens (tertiary/aromatic N) is 2. The fourth-order valence-corrected chi connectivity index (χ4v) is 10.3. The molecule has 0 spiro atoms. The van der Waals surface area contributed by atoms with Crippen LogP contribution in [0.15, 0.2) is 24.3 Å². The highest BCUT2D eigenvalue weighted by atomic mass is 16.7. The largest absolute Gasteiger partial charge is 0.497 e. The minimum absolute atomic E-state index is 0.0806. The summed E-state index contributed by atoms with van der Waals surface area (Å²) >= 11 is 0. The lowest BCUT2D eigenvalue weighted by Crippen LogP contribution is -2.70. The molecule has 0 aliphatic carbocycles. The van der Waals surface area contributed by atoms with Gasteiger partial charge in [0.2, 0.25) is 0 Å². The Morgan fingerprint density at radius 1 is 0.894 bits per heavy atom. The smallest absolute Gasteiger partial charge is 0.311 e. The van der Waals surface area contributed by atoms with Gasteiger partial charge in [0, 0.05) is 45.1 Å². The van der Waals surface area contributed by atoms with Gasteiger partial charge in [-0.2, -0.15) is 0 Å². The molecule has 0 bridgehead atoms. The lowest BCUT2D eigenvalue weighted by atomic mass is 9.75. The SMILES string of the molecule is CCC1OC(=O)C(C)C(O[C@H]2C[C@@](C)(OC)[C@](O)(CNCCN(C)C)[C@H](C)O2)C(C)C(O[C@@H]2O[C@H](C)C[C@H](N(C)C)[C@H]2Oc2ccc(OC)cc2)C(C)(O)CC(C)CNC(C)C(O)C1(C)O.